The summed E-state index contributed by atoms with van der Waals surface area (Å²) in [6.45, 7) is 9.32. The van der Waals surface area contributed by atoms with Crippen LogP contribution in [0.2, 0.25) is 0 Å². The Morgan fingerprint density at radius 1 is 1.28 bits per heavy atom. The molecule has 0 aliphatic carbocycles. The van der Waals surface area contributed by atoms with Crippen molar-refractivity contribution in [2.24, 2.45) is 0 Å². The third-order valence-corrected chi connectivity index (χ3v) is 6.81. The van der Waals surface area contributed by atoms with Crippen molar-refractivity contribution in [3.63, 3.8) is 0 Å². The quantitative estimate of drug-likeness (QED) is 0.696. The summed E-state index contributed by atoms with van der Waals surface area (Å²) in [5, 5.41) is 3.97. The van der Waals surface area contributed by atoms with Gasteiger partial charge in [-0.15, -0.1) is 0 Å². The maximum atomic E-state index is 13.2. The van der Waals surface area contributed by atoms with Gasteiger partial charge in [0.25, 0.3) is 0 Å². The van der Waals surface area contributed by atoms with Gasteiger partial charge in [-0.05, 0) is 38.5 Å². The summed E-state index contributed by atoms with van der Waals surface area (Å²) in [4.78, 5) is 2.31. The highest BCUT2D eigenvalue weighted by Crippen LogP contribution is 2.32. The first-order valence-electron chi connectivity index (χ1n) is 9.79. The molecule has 1 aromatic heterocycles. The van der Waals surface area contributed by atoms with Gasteiger partial charge in [-0.1, -0.05) is 12.1 Å². The van der Waals surface area contributed by atoms with Crippen molar-refractivity contribution in [3.05, 3.63) is 29.5 Å². The topological polar surface area (TPSA) is 93.9 Å². The molecule has 2 aromatic rings. The SMILES string of the molecule is CC[C@@H](CN1CCOCC1)NS(=O)(=O)c1cc(-c2onc(C)c2C)ccc1OC. The molecule has 1 saturated heterocycles. The van der Waals surface area contributed by atoms with E-state index in [0.717, 1.165) is 24.3 Å². The summed E-state index contributed by atoms with van der Waals surface area (Å²) >= 11 is 0. The third-order valence-electron chi connectivity index (χ3n) is 5.27. The fraction of sp³-hybridized carbons (Fsp3) is 0.550. The molecule has 0 unspecified atom stereocenters. The van der Waals surface area contributed by atoms with Crippen molar-refractivity contribution in [1.82, 2.24) is 14.8 Å². The highest BCUT2D eigenvalue weighted by Gasteiger charge is 2.26. The number of morpholine rings is 1. The van der Waals surface area contributed by atoms with E-state index in [9.17, 15) is 8.42 Å². The largest absolute Gasteiger partial charge is 0.495 e. The third kappa shape index (κ3) is 4.98. The van der Waals surface area contributed by atoms with E-state index in [1.54, 1.807) is 18.2 Å². The Morgan fingerprint density at radius 3 is 2.59 bits per heavy atom. The Morgan fingerprint density at radius 2 is 2.00 bits per heavy atom. The summed E-state index contributed by atoms with van der Waals surface area (Å²) < 4.78 is 45.4. The molecular formula is C20H29N3O5S. The number of nitrogens with zero attached hydrogens (tertiary/aromatic N) is 2. The molecule has 8 nitrogen and oxygen atoms in total. The normalized spacial score (nSPS) is 16.7. The van der Waals surface area contributed by atoms with Crippen LogP contribution in [0.25, 0.3) is 11.3 Å². The maximum absolute atomic E-state index is 13.2. The van der Waals surface area contributed by atoms with Crippen LogP contribution in [0.15, 0.2) is 27.6 Å². The Bertz CT molecular complexity index is 936. The molecule has 0 radical (unpaired) electrons. The lowest BCUT2D eigenvalue weighted by atomic mass is 10.1. The van der Waals surface area contributed by atoms with E-state index in [-0.39, 0.29) is 16.7 Å². The van der Waals surface area contributed by atoms with E-state index in [1.165, 1.54) is 7.11 Å². The molecule has 160 valence electrons. The lowest BCUT2D eigenvalue weighted by Crippen LogP contribution is -2.47. The van der Waals surface area contributed by atoms with Gasteiger partial charge in [-0.2, -0.15) is 0 Å². The zero-order valence-electron chi connectivity index (χ0n) is 17.4. The lowest BCUT2D eigenvalue weighted by Gasteiger charge is -2.30. The molecule has 1 fully saturated rings. The molecular weight excluding hydrogens is 394 g/mol. The fourth-order valence-corrected chi connectivity index (χ4v) is 4.85. The van der Waals surface area contributed by atoms with Gasteiger partial charge in [0.2, 0.25) is 10.0 Å². The van der Waals surface area contributed by atoms with Crippen LogP contribution >= 0.6 is 0 Å². The summed E-state index contributed by atoms with van der Waals surface area (Å²) in [6, 6.07) is 4.79. The molecule has 29 heavy (non-hydrogen) atoms. The van der Waals surface area contributed by atoms with E-state index in [0.29, 0.717) is 37.5 Å². The summed E-state index contributed by atoms with van der Waals surface area (Å²) in [7, 11) is -2.34. The van der Waals surface area contributed by atoms with Crippen molar-refractivity contribution in [2.75, 3.05) is 40.0 Å². The van der Waals surface area contributed by atoms with E-state index < -0.39 is 10.0 Å². The van der Waals surface area contributed by atoms with Crippen LogP contribution in [-0.2, 0) is 14.8 Å². The molecule has 3 rings (SSSR count). The van der Waals surface area contributed by atoms with Crippen molar-refractivity contribution in [3.8, 4) is 17.1 Å². The predicted octanol–water partition coefficient (Wildman–Crippen LogP) is 2.36. The van der Waals surface area contributed by atoms with Gasteiger partial charge >= 0.3 is 0 Å². The van der Waals surface area contributed by atoms with Crippen LogP contribution < -0.4 is 9.46 Å². The smallest absolute Gasteiger partial charge is 0.244 e. The molecule has 9 heteroatoms. The zero-order valence-corrected chi connectivity index (χ0v) is 18.2. The van der Waals surface area contributed by atoms with Gasteiger partial charge in [-0.3, -0.25) is 4.90 Å². The molecule has 1 aromatic carbocycles. The van der Waals surface area contributed by atoms with Crippen LogP contribution in [-0.4, -0.2) is 64.5 Å². The molecule has 2 heterocycles. The first-order valence-corrected chi connectivity index (χ1v) is 11.3. The number of aryl methyl sites for hydroxylation is 1. The van der Waals surface area contributed by atoms with E-state index in [2.05, 4.69) is 14.8 Å². The maximum Gasteiger partial charge on any atom is 0.244 e. The number of nitrogens with one attached hydrogen (secondary N) is 1. The predicted molar refractivity (Wildman–Crippen MR) is 110 cm³/mol. The molecule has 1 atom stereocenters. The average molecular weight is 424 g/mol. The number of methoxy groups -OCH3 is 1. The van der Waals surface area contributed by atoms with E-state index in [1.807, 2.05) is 20.8 Å². The van der Waals surface area contributed by atoms with Crippen LogP contribution in [0.1, 0.15) is 24.6 Å². The second-order valence-electron chi connectivity index (χ2n) is 7.23. The summed E-state index contributed by atoms with van der Waals surface area (Å²) in [6.07, 6.45) is 0.680. The van der Waals surface area contributed by atoms with Gasteiger partial charge in [0.05, 0.1) is 26.0 Å². The molecule has 1 aliphatic rings. The van der Waals surface area contributed by atoms with Gasteiger partial charge in [-0.25, -0.2) is 13.1 Å². The number of hydrogen-bond acceptors (Lipinski definition) is 7. The highest BCUT2D eigenvalue weighted by atomic mass is 32.2. The minimum Gasteiger partial charge on any atom is -0.495 e. The van der Waals surface area contributed by atoms with Crippen LogP contribution in [0, 0.1) is 13.8 Å². The first-order chi connectivity index (χ1) is 13.9. The fourth-order valence-electron chi connectivity index (χ4n) is 3.34. The molecule has 0 amide bonds. The number of sulfonamides is 1. The summed E-state index contributed by atoms with van der Waals surface area (Å²) in [5.41, 5.74) is 2.30. The van der Waals surface area contributed by atoms with E-state index >= 15 is 0 Å². The van der Waals surface area contributed by atoms with Crippen LogP contribution in [0.4, 0.5) is 0 Å². The van der Waals surface area contributed by atoms with Gasteiger partial charge in [0, 0.05) is 36.8 Å². The van der Waals surface area contributed by atoms with Gasteiger partial charge in [0.1, 0.15) is 10.6 Å². The molecule has 0 bridgehead atoms. The van der Waals surface area contributed by atoms with Crippen LogP contribution in [0.3, 0.4) is 0 Å². The van der Waals surface area contributed by atoms with Crippen molar-refractivity contribution in [1.29, 1.82) is 0 Å². The Labute approximate surface area is 172 Å². The standard InChI is InChI=1S/C20H29N3O5S/c1-5-17(13-23-8-10-27-11-9-23)22-29(24,25)19-12-16(6-7-18(19)26-4)20-14(2)15(3)21-28-20/h6-7,12,17,22H,5,8-11,13H2,1-4H3/t17-/m0/s1. The number of aromatic nitrogens is 1. The Hall–Kier alpha value is -1.94. The monoisotopic (exact) mass is 423 g/mol. The number of ether oxygens (including phenoxy) is 2. The zero-order chi connectivity index (χ0) is 21.0. The van der Waals surface area contributed by atoms with Crippen molar-refractivity contribution >= 4 is 10.0 Å². The van der Waals surface area contributed by atoms with Gasteiger partial charge < -0.3 is 14.0 Å². The summed E-state index contributed by atoms with van der Waals surface area (Å²) in [5.74, 6) is 0.846. The van der Waals surface area contributed by atoms with Crippen molar-refractivity contribution < 1.29 is 22.4 Å². The average Bonchev–Trinajstić information content (AvgIpc) is 3.06. The molecule has 0 spiro atoms. The second-order valence-corrected chi connectivity index (χ2v) is 8.91. The van der Waals surface area contributed by atoms with Crippen LogP contribution in [0.5, 0.6) is 5.75 Å². The number of rotatable bonds is 8. The minimum atomic E-state index is -3.80. The molecule has 1 aliphatic heterocycles. The Kier molecular flexibility index (Phi) is 6.94. The number of hydrogen-bond donors (Lipinski definition) is 1. The Balaban J connectivity index is 1.87. The molecule has 1 N–H and O–H groups in total. The first kappa shape index (κ1) is 21.8. The number of benzene rings is 1. The highest BCUT2D eigenvalue weighted by molar-refractivity contribution is 7.89. The molecule has 0 saturated carbocycles. The van der Waals surface area contributed by atoms with Gasteiger partial charge in [0.15, 0.2) is 5.76 Å². The lowest BCUT2D eigenvalue weighted by molar-refractivity contribution is 0.0344. The van der Waals surface area contributed by atoms with Crippen molar-refractivity contribution in [2.45, 2.75) is 38.1 Å². The second kappa shape index (κ2) is 9.25. The van der Waals surface area contributed by atoms with E-state index in [4.69, 9.17) is 14.0 Å². The minimum absolute atomic E-state index is 0.0892.